The zero-order valence-corrected chi connectivity index (χ0v) is 14.8. The summed E-state index contributed by atoms with van der Waals surface area (Å²) in [5, 5.41) is 13.7. The van der Waals surface area contributed by atoms with Gasteiger partial charge < -0.3 is 9.52 Å². The van der Waals surface area contributed by atoms with Crippen molar-refractivity contribution in [2.24, 2.45) is 0 Å². The minimum Gasteiger partial charge on any atom is -0.441 e. The van der Waals surface area contributed by atoms with Crippen LogP contribution >= 0.6 is 11.3 Å². The van der Waals surface area contributed by atoms with E-state index in [1.807, 2.05) is 25.3 Å². The van der Waals surface area contributed by atoms with Gasteiger partial charge in [0.1, 0.15) is 5.76 Å². The largest absolute Gasteiger partial charge is 0.441 e. The maximum Gasteiger partial charge on any atom is 0.227 e. The van der Waals surface area contributed by atoms with Crippen LogP contribution in [0.4, 0.5) is 0 Å². The Morgan fingerprint density at radius 1 is 1.48 bits per heavy atom. The number of thiophene rings is 1. The molecular formula is C17H25N3O2S. The van der Waals surface area contributed by atoms with E-state index in [9.17, 15) is 5.11 Å². The highest BCUT2D eigenvalue weighted by atomic mass is 32.1. The first-order valence-electron chi connectivity index (χ1n) is 8.16. The van der Waals surface area contributed by atoms with Crippen molar-refractivity contribution >= 4 is 11.3 Å². The van der Waals surface area contributed by atoms with Gasteiger partial charge in [0.25, 0.3) is 0 Å². The number of hydrogen-bond acceptors (Lipinski definition) is 6. The van der Waals surface area contributed by atoms with Crippen LogP contribution in [0.25, 0.3) is 11.5 Å². The molecule has 1 aliphatic heterocycles. The second-order valence-corrected chi connectivity index (χ2v) is 7.24. The Hall–Kier alpha value is -1.21. The van der Waals surface area contributed by atoms with Gasteiger partial charge in [-0.25, -0.2) is 4.98 Å². The molecule has 0 aromatic carbocycles. The van der Waals surface area contributed by atoms with Gasteiger partial charge in [-0.1, -0.05) is 0 Å². The first-order chi connectivity index (χ1) is 11.0. The van der Waals surface area contributed by atoms with Crippen LogP contribution in [0.1, 0.15) is 25.3 Å². The second-order valence-electron chi connectivity index (χ2n) is 6.46. The molecule has 1 aliphatic rings. The van der Waals surface area contributed by atoms with Gasteiger partial charge in [-0.3, -0.25) is 9.80 Å². The molecule has 1 fully saturated rings. The summed E-state index contributed by atoms with van der Waals surface area (Å²) in [6.45, 7) is 10.6. The summed E-state index contributed by atoms with van der Waals surface area (Å²) in [4.78, 5) is 9.46. The number of oxazole rings is 1. The average Bonchev–Trinajstić information content (AvgIpc) is 3.12. The zero-order chi connectivity index (χ0) is 16.4. The molecule has 0 radical (unpaired) electrons. The smallest absolute Gasteiger partial charge is 0.227 e. The SMILES string of the molecule is Cc1oc(-c2ccsc2)nc1CN1CCN(C[C@@H](C)O)[C@H](C)C1. The molecule has 5 nitrogen and oxygen atoms in total. The molecule has 2 aromatic heterocycles. The van der Waals surface area contributed by atoms with Crippen LogP contribution in [0.3, 0.4) is 0 Å². The molecule has 2 atom stereocenters. The third-order valence-electron chi connectivity index (χ3n) is 4.38. The van der Waals surface area contributed by atoms with Gasteiger partial charge >= 0.3 is 0 Å². The van der Waals surface area contributed by atoms with E-state index in [0.29, 0.717) is 6.04 Å². The molecule has 0 unspecified atom stereocenters. The normalized spacial score (nSPS) is 21.7. The Balaban J connectivity index is 1.62. The first kappa shape index (κ1) is 16.6. The molecule has 0 saturated carbocycles. The number of rotatable bonds is 5. The Morgan fingerprint density at radius 2 is 2.30 bits per heavy atom. The number of aliphatic hydroxyl groups excluding tert-OH is 1. The summed E-state index contributed by atoms with van der Waals surface area (Å²) in [5.41, 5.74) is 2.09. The summed E-state index contributed by atoms with van der Waals surface area (Å²) in [6, 6.07) is 2.48. The van der Waals surface area contributed by atoms with Crippen molar-refractivity contribution in [3.05, 3.63) is 28.3 Å². The molecule has 1 N–H and O–H groups in total. The standard InChI is InChI=1S/C17H25N3O2S/c1-12-8-19(5-6-20(12)9-13(2)21)10-16-14(3)22-17(18-16)15-4-7-23-11-15/h4,7,11-13,21H,5-6,8-10H2,1-3H3/t12-,13-/m1/s1. The Bertz CT molecular complexity index is 624. The quantitative estimate of drug-likeness (QED) is 0.910. The van der Waals surface area contributed by atoms with Crippen LogP contribution in [0.15, 0.2) is 21.2 Å². The van der Waals surface area contributed by atoms with Crippen molar-refractivity contribution in [3.63, 3.8) is 0 Å². The topological polar surface area (TPSA) is 52.7 Å². The Labute approximate surface area is 141 Å². The molecule has 3 rings (SSSR count). The predicted molar refractivity (Wildman–Crippen MR) is 92.5 cm³/mol. The Morgan fingerprint density at radius 3 is 2.96 bits per heavy atom. The first-order valence-corrected chi connectivity index (χ1v) is 9.10. The minimum atomic E-state index is -0.269. The number of β-amino-alcohol motifs (C(OH)–C–C–N with tert-alkyl or cyclic N) is 1. The summed E-state index contributed by atoms with van der Waals surface area (Å²) >= 11 is 1.65. The predicted octanol–water partition coefficient (Wildman–Crippen LogP) is 2.60. The van der Waals surface area contributed by atoms with Gasteiger partial charge in [0, 0.05) is 49.7 Å². The molecule has 0 spiro atoms. The lowest BCUT2D eigenvalue weighted by Gasteiger charge is -2.40. The van der Waals surface area contributed by atoms with Crippen molar-refractivity contribution in [2.45, 2.75) is 39.5 Å². The number of aliphatic hydroxyl groups is 1. The van der Waals surface area contributed by atoms with Gasteiger partial charge in [-0.15, -0.1) is 0 Å². The highest BCUT2D eigenvalue weighted by molar-refractivity contribution is 7.08. The fourth-order valence-electron chi connectivity index (χ4n) is 3.12. The lowest BCUT2D eigenvalue weighted by atomic mass is 10.1. The molecule has 2 aromatic rings. The van der Waals surface area contributed by atoms with E-state index in [2.05, 4.69) is 27.1 Å². The minimum absolute atomic E-state index is 0.269. The summed E-state index contributed by atoms with van der Waals surface area (Å²) in [6.07, 6.45) is -0.269. The van der Waals surface area contributed by atoms with Crippen LogP contribution in [0.5, 0.6) is 0 Å². The number of hydrogen-bond donors (Lipinski definition) is 1. The molecule has 0 amide bonds. The molecular weight excluding hydrogens is 310 g/mol. The molecule has 1 saturated heterocycles. The lowest BCUT2D eigenvalue weighted by Crippen LogP contribution is -2.53. The van der Waals surface area contributed by atoms with Crippen molar-refractivity contribution in [1.82, 2.24) is 14.8 Å². The third kappa shape index (κ3) is 4.01. The average molecular weight is 335 g/mol. The summed E-state index contributed by atoms with van der Waals surface area (Å²) in [7, 11) is 0. The van der Waals surface area contributed by atoms with E-state index >= 15 is 0 Å². The van der Waals surface area contributed by atoms with Crippen molar-refractivity contribution in [2.75, 3.05) is 26.2 Å². The second kappa shape index (κ2) is 7.13. The maximum atomic E-state index is 9.58. The molecule has 126 valence electrons. The fourth-order valence-corrected chi connectivity index (χ4v) is 3.75. The van der Waals surface area contributed by atoms with E-state index < -0.39 is 0 Å². The highest BCUT2D eigenvalue weighted by Gasteiger charge is 2.25. The molecule has 0 bridgehead atoms. The molecule has 0 aliphatic carbocycles. The summed E-state index contributed by atoms with van der Waals surface area (Å²) in [5.74, 6) is 1.63. The molecule has 6 heteroatoms. The van der Waals surface area contributed by atoms with Crippen LogP contribution in [-0.4, -0.2) is 58.2 Å². The zero-order valence-electron chi connectivity index (χ0n) is 14.0. The van der Waals surface area contributed by atoms with E-state index in [1.165, 1.54) is 0 Å². The number of aryl methyl sites for hydroxylation is 1. The number of piperazine rings is 1. The maximum absolute atomic E-state index is 9.58. The van der Waals surface area contributed by atoms with Crippen LogP contribution in [0.2, 0.25) is 0 Å². The molecule has 23 heavy (non-hydrogen) atoms. The van der Waals surface area contributed by atoms with Gasteiger partial charge in [0.2, 0.25) is 5.89 Å². The van der Waals surface area contributed by atoms with Gasteiger partial charge in [-0.05, 0) is 32.2 Å². The number of aromatic nitrogens is 1. The van der Waals surface area contributed by atoms with Gasteiger partial charge in [-0.2, -0.15) is 11.3 Å². The number of nitrogens with zero attached hydrogens (tertiary/aromatic N) is 3. The van der Waals surface area contributed by atoms with E-state index in [1.54, 1.807) is 11.3 Å². The van der Waals surface area contributed by atoms with Crippen LogP contribution < -0.4 is 0 Å². The van der Waals surface area contributed by atoms with Crippen LogP contribution in [-0.2, 0) is 6.54 Å². The van der Waals surface area contributed by atoms with Crippen molar-refractivity contribution in [1.29, 1.82) is 0 Å². The van der Waals surface area contributed by atoms with Crippen molar-refractivity contribution in [3.8, 4) is 11.5 Å². The van der Waals surface area contributed by atoms with Gasteiger partial charge in [0.05, 0.1) is 11.8 Å². The third-order valence-corrected chi connectivity index (χ3v) is 5.07. The lowest BCUT2D eigenvalue weighted by molar-refractivity contribution is 0.0417. The highest BCUT2D eigenvalue weighted by Crippen LogP contribution is 2.25. The van der Waals surface area contributed by atoms with E-state index in [-0.39, 0.29) is 6.10 Å². The Kier molecular flexibility index (Phi) is 5.16. The molecule has 3 heterocycles. The van der Waals surface area contributed by atoms with Gasteiger partial charge in [0.15, 0.2) is 0 Å². The summed E-state index contributed by atoms with van der Waals surface area (Å²) < 4.78 is 5.83. The van der Waals surface area contributed by atoms with Crippen LogP contribution in [0, 0.1) is 6.92 Å². The van der Waals surface area contributed by atoms with Crippen molar-refractivity contribution < 1.29 is 9.52 Å². The van der Waals surface area contributed by atoms with E-state index in [4.69, 9.17) is 4.42 Å². The van der Waals surface area contributed by atoms with E-state index in [0.717, 1.165) is 55.6 Å². The monoisotopic (exact) mass is 335 g/mol. The fraction of sp³-hybridized carbons (Fsp3) is 0.588.